The molecule has 0 bridgehead atoms. The van der Waals surface area contributed by atoms with E-state index in [-0.39, 0.29) is 5.91 Å². The number of nitrogens with zero attached hydrogens (tertiary/aromatic N) is 1. The summed E-state index contributed by atoms with van der Waals surface area (Å²) in [4.78, 5) is 11.8. The minimum Gasteiger partial charge on any atom is -0.328 e. The van der Waals surface area contributed by atoms with Crippen molar-refractivity contribution in [3.63, 3.8) is 0 Å². The highest BCUT2D eigenvalue weighted by atomic mass is 127. The largest absolute Gasteiger partial charge is 0.328 e. The molecule has 1 aliphatic heterocycles. The van der Waals surface area contributed by atoms with E-state index in [1.807, 2.05) is 13.0 Å². The molecule has 1 amide bonds. The van der Waals surface area contributed by atoms with Gasteiger partial charge in [-0.15, -0.1) is 0 Å². The minimum absolute atomic E-state index is 0.191. The Kier molecular flexibility index (Phi) is 4.05. The van der Waals surface area contributed by atoms with Crippen LogP contribution in [0.1, 0.15) is 17.0 Å². The van der Waals surface area contributed by atoms with E-state index in [0.717, 1.165) is 22.6 Å². The van der Waals surface area contributed by atoms with E-state index in [9.17, 15) is 4.79 Å². The van der Waals surface area contributed by atoms with Gasteiger partial charge in [-0.2, -0.15) is 0 Å². The number of amides is 1. The van der Waals surface area contributed by atoms with Gasteiger partial charge in [-0.3, -0.25) is 10.1 Å². The molecule has 1 fully saturated rings. The molecule has 1 aromatic carbocycles. The summed E-state index contributed by atoms with van der Waals surface area (Å²) in [5.74, 6) is -0.191. The van der Waals surface area contributed by atoms with Crippen molar-refractivity contribution in [1.29, 1.82) is 0 Å². The molecule has 22 heavy (non-hydrogen) atoms. The average molecular weight is 423 g/mol. The molecule has 0 aliphatic carbocycles. The van der Waals surface area contributed by atoms with Gasteiger partial charge in [0.25, 0.3) is 5.91 Å². The SMILES string of the molecule is Cc1cc(C=C2NC(=S)NC2=O)c(C)n1-c1ccc(I)cc1. The predicted octanol–water partition coefficient (Wildman–Crippen LogP) is 3.04. The van der Waals surface area contributed by atoms with Gasteiger partial charge in [0.1, 0.15) is 5.70 Å². The van der Waals surface area contributed by atoms with Crippen molar-refractivity contribution in [1.82, 2.24) is 15.2 Å². The Labute approximate surface area is 147 Å². The van der Waals surface area contributed by atoms with Gasteiger partial charge < -0.3 is 9.88 Å². The highest BCUT2D eigenvalue weighted by Crippen LogP contribution is 2.23. The first-order valence-corrected chi connectivity index (χ1v) is 8.23. The Morgan fingerprint density at radius 3 is 2.45 bits per heavy atom. The molecule has 4 nitrogen and oxygen atoms in total. The number of rotatable bonds is 2. The van der Waals surface area contributed by atoms with E-state index in [4.69, 9.17) is 12.2 Å². The van der Waals surface area contributed by atoms with Gasteiger partial charge in [-0.1, -0.05) is 0 Å². The quantitative estimate of drug-likeness (QED) is 0.444. The topological polar surface area (TPSA) is 46.1 Å². The van der Waals surface area contributed by atoms with E-state index in [0.29, 0.717) is 10.8 Å². The van der Waals surface area contributed by atoms with Crippen LogP contribution in [0.3, 0.4) is 0 Å². The van der Waals surface area contributed by atoms with Crippen LogP contribution in [0.2, 0.25) is 0 Å². The second-order valence-corrected chi connectivity index (χ2v) is 6.76. The number of hydrogen-bond acceptors (Lipinski definition) is 2. The van der Waals surface area contributed by atoms with Crippen molar-refractivity contribution in [2.24, 2.45) is 0 Å². The lowest BCUT2D eigenvalue weighted by Crippen LogP contribution is -2.21. The van der Waals surface area contributed by atoms with Crippen molar-refractivity contribution in [3.05, 3.63) is 56.6 Å². The lowest BCUT2D eigenvalue weighted by atomic mass is 10.2. The van der Waals surface area contributed by atoms with Crippen LogP contribution >= 0.6 is 34.8 Å². The highest BCUT2D eigenvalue weighted by molar-refractivity contribution is 14.1. The van der Waals surface area contributed by atoms with Gasteiger partial charge in [0.15, 0.2) is 5.11 Å². The van der Waals surface area contributed by atoms with E-state index in [1.54, 1.807) is 0 Å². The molecular formula is C16H14IN3OS. The normalized spacial score (nSPS) is 16.0. The number of carbonyl (C=O) groups is 1. The first kappa shape index (κ1) is 15.2. The maximum Gasteiger partial charge on any atom is 0.273 e. The maximum atomic E-state index is 11.8. The third-order valence-corrected chi connectivity index (χ3v) is 4.50. The fourth-order valence-corrected chi connectivity index (χ4v) is 3.12. The van der Waals surface area contributed by atoms with E-state index in [2.05, 4.69) is 75.0 Å². The van der Waals surface area contributed by atoms with Gasteiger partial charge in [0.05, 0.1) is 0 Å². The second-order valence-electron chi connectivity index (χ2n) is 5.10. The number of aryl methyl sites for hydroxylation is 1. The number of nitrogens with one attached hydrogen (secondary N) is 2. The summed E-state index contributed by atoms with van der Waals surface area (Å²) >= 11 is 7.24. The molecule has 3 rings (SSSR count). The molecule has 2 aromatic rings. The van der Waals surface area contributed by atoms with Crippen molar-refractivity contribution < 1.29 is 4.79 Å². The van der Waals surface area contributed by atoms with Crippen molar-refractivity contribution in [3.8, 4) is 5.69 Å². The number of carbonyl (C=O) groups excluding carboxylic acids is 1. The maximum absolute atomic E-state index is 11.8. The molecule has 0 atom stereocenters. The molecule has 2 N–H and O–H groups in total. The van der Waals surface area contributed by atoms with Crippen LogP contribution in [0.4, 0.5) is 0 Å². The third kappa shape index (κ3) is 2.80. The minimum atomic E-state index is -0.191. The van der Waals surface area contributed by atoms with Gasteiger partial charge >= 0.3 is 0 Å². The number of hydrogen-bond donors (Lipinski definition) is 2. The Hall–Kier alpha value is -1.67. The molecule has 0 radical (unpaired) electrons. The highest BCUT2D eigenvalue weighted by Gasteiger charge is 2.21. The molecule has 0 spiro atoms. The van der Waals surface area contributed by atoms with E-state index in [1.165, 1.54) is 3.57 Å². The van der Waals surface area contributed by atoms with Crippen LogP contribution < -0.4 is 10.6 Å². The standard InChI is InChI=1S/C16H14IN3OS/c1-9-7-11(8-14-15(21)19-16(22)18-14)10(2)20(9)13-5-3-12(17)4-6-13/h3-8H,1-2H3,(H2,18,19,21,22). The monoisotopic (exact) mass is 423 g/mol. The lowest BCUT2D eigenvalue weighted by molar-refractivity contribution is -0.115. The molecule has 112 valence electrons. The summed E-state index contributed by atoms with van der Waals surface area (Å²) in [6, 6.07) is 10.4. The second kappa shape index (κ2) is 5.85. The van der Waals surface area contributed by atoms with Crippen LogP contribution in [0.25, 0.3) is 11.8 Å². The molecule has 2 heterocycles. The molecule has 0 unspecified atom stereocenters. The average Bonchev–Trinajstić information content (AvgIpc) is 2.92. The Balaban J connectivity index is 2.04. The lowest BCUT2D eigenvalue weighted by Gasteiger charge is -2.09. The van der Waals surface area contributed by atoms with Crippen LogP contribution in [-0.4, -0.2) is 15.6 Å². The van der Waals surface area contributed by atoms with Crippen LogP contribution in [0.5, 0.6) is 0 Å². The van der Waals surface area contributed by atoms with Gasteiger partial charge in [-0.25, -0.2) is 0 Å². The molecule has 0 saturated carbocycles. The Morgan fingerprint density at radius 2 is 1.86 bits per heavy atom. The summed E-state index contributed by atoms with van der Waals surface area (Å²) in [5.41, 5.74) is 4.79. The summed E-state index contributed by atoms with van der Waals surface area (Å²) in [5, 5.41) is 5.80. The number of aromatic nitrogens is 1. The molecular weight excluding hydrogens is 409 g/mol. The molecule has 6 heteroatoms. The number of benzene rings is 1. The van der Waals surface area contributed by atoms with E-state index >= 15 is 0 Å². The molecule has 1 aliphatic rings. The van der Waals surface area contributed by atoms with Gasteiger partial charge in [0, 0.05) is 20.6 Å². The Bertz CT molecular complexity index is 806. The number of thiocarbonyl (C=S) groups is 1. The van der Waals surface area contributed by atoms with E-state index < -0.39 is 0 Å². The summed E-state index contributed by atoms with van der Waals surface area (Å²) in [6.45, 7) is 4.10. The van der Waals surface area contributed by atoms with Crippen molar-refractivity contribution in [2.75, 3.05) is 0 Å². The summed E-state index contributed by atoms with van der Waals surface area (Å²) in [6.07, 6.45) is 1.83. The fraction of sp³-hybridized carbons (Fsp3) is 0.125. The van der Waals surface area contributed by atoms with Crippen LogP contribution in [0, 0.1) is 17.4 Å². The molecule has 1 saturated heterocycles. The summed E-state index contributed by atoms with van der Waals surface area (Å²) in [7, 11) is 0. The first-order valence-electron chi connectivity index (χ1n) is 6.74. The zero-order chi connectivity index (χ0) is 15.9. The first-order chi connectivity index (χ1) is 10.5. The zero-order valence-electron chi connectivity index (χ0n) is 12.1. The van der Waals surface area contributed by atoms with Crippen LogP contribution in [0.15, 0.2) is 36.0 Å². The fourth-order valence-electron chi connectivity index (χ4n) is 2.56. The van der Waals surface area contributed by atoms with Crippen molar-refractivity contribution in [2.45, 2.75) is 13.8 Å². The van der Waals surface area contributed by atoms with Gasteiger partial charge in [0.2, 0.25) is 0 Å². The number of halogens is 1. The molecule has 1 aromatic heterocycles. The predicted molar refractivity (Wildman–Crippen MR) is 99.8 cm³/mol. The Morgan fingerprint density at radius 1 is 1.18 bits per heavy atom. The third-order valence-electron chi connectivity index (χ3n) is 3.57. The van der Waals surface area contributed by atoms with Gasteiger partial charge in [-0.05, 0) is 90.6 Å². The zero-order valence-corrected chi connectivity index (χ0v) is 15.1. The van der Waals surface area contributed by atoms with Crippen molar-refractivity contribution >= 4 is 51.9 Å². The summed E-state index contributed by atoms with van der Waals surface area (Å²) < 4.78 is 3.37. The van der Waals surface area contributed by atoms with Crippen LogP contribution in [-0.2, 0) is 4.79 Å². The smallest absolute Gasteiger partial charge is 0.273 e.